The van der Waals surface area contributed by atoms with Crippen molar-refractivity contribution in [1.82, 2.24) is 5.32 Å². The molecule has 3 aromatic rings. The third-order valence-electron chi connectivity index (χ3n) is 6.66. The topological polar surface area (TPSA) is 119 Å². The first kappa shape index (κ1) is 33.0. The summed E-state index contributed by atoms with van der Waals surface area (Å²) in [6.07, 6.45) is -6.70. The Balaban J connectivity index is 1.85. The number of Topliss-reactive ketones (excluding diaryl/α,β-unsaturated/α-hetero) is 2. The van der Waals surface area contributed by atoms with Gasteiger partial charge >= 0.3 is 12.3 Å². The highest BCUT2D eigenvalue weighted by Crippen LogP contribution is 2.30. The molecule has 0 spiro atoms. The van der Waals surface area contributed by atoms with Crippen molar-refractivity contribution in [3.8, 4) is 5.75 Å². The summed E-state index contributed by atoms with van der Waals surface area (Å²) in [6, 6.07) is 17.2. The van der Waals surface area contributed by atoms with E-state index in [1.54, 1.807) is 12.1 Å². The van der Waals surface area contributed by atoms with Gasteiger partial charge in [0.05, 0.1) is 19.6 Å². The standard InChI is InChI=1S/C32H32F3NO7/c1-31(2,3)23-13-9-20(10-14-23)26(37)17-25(19-11-15-24(16-12-19)43-32(33,34)35)28(39)21-5-7-22(8-6-21)29(40)36-18-27(38)30(41)42-4/h5-16,25,27,38H,17-18H2,1-4H3,(H,36,40). The number of aliphatic hydroxyl groups excluding tert-OH is 1. The van der Waals surface area contributed by atoms with Gasteiger partial charge < -0.3 is 19.9 Å². The molecule has 1 amide bonds. The molecule has 228 valence electrons. The molecule has 0 aliphatic rings. The van der Waals surface area contributed by atoms with Gasteiger partial charge in [0.1, 0.15) is 5.75 Å². The largest absolute Gasteiger partial charge is 0.573 e. The second kappa shape index (κ2) is 13.6. The Hall–Kier alpha value is -4.51. The van der Waals surface area contributed by atoms with Crippen molar-refractivity contribution in [3.05, 3.63) is 101 Å². The van der Waals surface area contributed by atoms with E-state index in [1.165, 1.54) is 36.4 Å². The maximum Gasteiger partial charge on any atom is 0.573 e. The van der Waals surface area contributed by atoms with E-state index >= 15 is 0 Å². The van der Waals surface area contributed by atoms with E-state index < -0.39 is 41.8 Å². The van der Waals surface area contributed by atoms with Crippen LogP contribution < -0.4 is 10.1 Å². The lowest BCUT2D eigenvalue weighted by Crippen LogP contribution is -2.37. The minimum absolute atomic E-state index is 0.133. The first-order chi connectivity index (χ1) is 20.1. The van der Waals surface area contributed by atoms with Gasteiger partial charge in [0.15, 0.2) is 17.7 Å². The predicted octanol–water partition coefficient (Wildman–Crippen LogP) is 5.39. The molecule has 8 nitrogen and oxygen atoms in total. The molecule has 0 saturated carbocycles. The van der Waals surface area contributed by atoms with Crippen LogP contribution in [0.25, 0.3) is 0 Å². The van der Waals surface area contributed by atoms with E-state index in [0.717, 1.165) is 24.8 Å². The van der Waals surface area contributed by atoms with Gasteiger partial charge in [-0.2, -0.15) is 0 Å². The number of hydrogen-bond acceptors (Lipinski definition) is 7. The van der Waals surface area contributed by atoms with Crippen molar-refractivity contribution in [2.75, 3.05) is 13.7 Å². The average molecular weight is 600 g/mol. The fourth-order valence-corrected chi connectivity index (χ4v) is 4.22. The van der Waals surface area contributed by atoms with Gasteiger partial charge in [-0.3, -0.25) is 14.4 Å². The highest BCUT2D eigenvalue weighted by atomic mass is 19.4. The fraction of sp³-hybridized carbons (Fsp3) is 0.312. The molecule has 3 aromatic carbocycles. The number of benzene rings is 3. The van der Waals surface area contributed by atoms with Crippen LogP contribution in [-0.4, -0.2) is 54.7 Å². The number of methoxy groups -OCH3 is 1. The summed E-state index contributed by atoms with van der Waals surface area (Å²) in [7, 11) is 1.09. The predicted molar refractivity (Wildman–Crippen MR) is 151 cm³/mol. The summed E-state index contributed by atoms with van der Waals surface area (Å²) in [5.74, 6) is -3.88. The van der Waals surface area contributed by atoms with E-state index in [4.69, 9.17) is 0 Å². The molecule has 2 atom stereocenters. The molecule has 43 heavy (non-hydrogen) atoms. The number of aliphatic hydroxyl groups is 1. The zero-order chi connectivity index (χ0) is 31.9. The second-order valence-electron chi connectivity index (χ2n) is 10.8. The Kier molecular flexibility index (Phi) is 10.5. The highest BCUT2D eigenvalue weighted by molar-refractivity contribution is 6.06. The Morgan fingerprint density at radius 2 is 1.35 bits per heavy atom. The van der Waals surface area contributed by atoms with Gasteiger partial charge in [0.2, 0.25) is 0 Å². The number of halogens is 3. The average Bonchev–Trinajstić information content (AvgIpc) is 2.97. The first-order valence-electron chi connectivity index (χ1n) is 13.3. The maximum atomic E-state index is 13.7. The second-order valence-corrected chi connectivity index (χ2v) is 10.8. The minimum Gasteiger partial charge on any atom is -0.467 e. The molecule has 0 aliphatic heterocycles. The minimum atomic E-state index is -4.89. The zero-order valence-electron chi connectivity index (χ0n) is 24.0. The molecule has 0 radical (unpaired) electrons. The van der Waals surface area contributed by atoms with Crippen LogP contribution in [0.15, 0.2) is 72.8 Å². The summed E-state index contributed by atoms with van der Waals surface area (Å²) in [6.45, 7) is 5.71. The molecule has 0 fully saturated rings. The van der Waals surface area contributed by atoms with Crippen LogP contribution in [0.5, 0.6) is 5.75 Å². The van der Waals surface area contributed by atoms with Gasteiger partial charge in [-0.05, 0) is 40.8 Å². The molecule has 0 bridgehead atoms. The highest BCUT2D eigenvalue weighted by Gasteiger charge is 2.32. The lowest BCUT2D eigenvalue weighted by Gasteiger charge is -2.20. The van der Waals surface area contributed by atoms with Crippen molar-refractivity contribution < 1.29 is 46.9 Å². The molecule has 2 N–H and O–H groups in total. The monoisotopic (exact) mass is 599 g/mol. The van der Waals surface area contributed by atoms with Crippen molar-refractivity contribution in [2.24, 2.45) is 0 Å². The number of nitrogens with one attached hydrogen (secondary N) is 1. The molecular formula is C32H32F3NO7. The molecular weight excluding hydrogens is 567 g/mol. The van der Waals surface area contributed by atoms with Crippen LogP contribution in [0.3, 0.4) is 0 Å². The quantitative estimate of drug-likeness (QED) is 0.224. The van der Waals surface area contributed by atoms with Crippen molar-refractivity contribution in [3.63, 3.8) is 0 Å². The molecule has 0 aliphatic carbocycles. The molecule has 0 heterocycles. The first-order valence-corrected chi connectivity index (χ1v) is 13.3. The van der Waals surface area contributed by atoms with E-state index in [-0.39, 0.29) is 35.3 Å². The summed E-state index contributed by atoms with van der Waals surface area (Å²) in [5, 5.41) is 12.0. The molecule has 0 aromatic heterocycles. The van der Waals surface area contributed by atoms with Crippen LogP contribution in [-0.2, 0) is 14.9 Å². The number of amides is 1. The molecule has 11 heteroatoms. The summed E-state index contributed by atoms with van der Waals surface area (Å²) in [5.41, 5.74) is 1.85. The molecule has 3 rings (SSSR count). The van der Waals surface area contributed by atoms with Crippen LogP contribution >= 0.6 is 0 Å². The van der Waals surface area contributed by atoms with Gasteiger partial charge in [-0.15, -0.1) is 13.2 Å². The number of ether oxygens (including phenoxy) is 2. The van der Waals surface area contributed by atoms with Gasteiger partial charge in [0.25, 0.3) is 5.91 Å². The van der Waals surface area contributed by atoms with Crippen LogP contribution in [0.1, 0.15) is 75.3 Å². The van der Waals surface area contributed by atoms with Crippen LogP contribution in [0, 0.1) is 0 Å². The van der Waals surface area contributed by atoms with Gasteiger partial charge in [-0.25, -0.2) is 4.79 Å². The summed E-state index contributed by atoms with van der Waals surface area (Å²) >= 11 is 0. The van der Waals surface area contributed by atoms with Crippen molar-refractivity contribution in [2.45, 2.75) is 51.0 Å². The normalized spacial score (nSPS) is 13.0. The smallest absolute Gasteiger partial charge is 0.467 e. The Morgan fingerprint density at radius 3 is 1.86 bits per heavy atom. The number of rotatable bonds is 11. The van der Waals surface area contributed by atoms with Gasteiger partial charge in [-0.1, -0.05) is 69.3 Å². The number of ketones is 2. The number of hydrogen-bond donors (Lipinski definition) is 2. The summed E-state index contributed by atoms with van der Waals surface area (Å²) < 4.78 is 46.3. The third kappa shape index (κ3) is 9.24. The fourth-order valence-electron chi connectivity index (χ4n) is 4.22. The number of carbonyl (C=O) groups excluding carboxylic acids is 4. The SMILES string of the molecule is COC(=O)C(O)CNC(=O)c1ccc(C(=O)C(CC(=O)c2ccc(C(C)(C)C)cc2)c2ccc(OC(F)(F)F)cc2)cc1. The lowest BCUT2D eigenvalue weighted by atomic mass is 9.84. The van der Waals surface area contributed by atoms with Crippen molar-refractivity contribution in [1.29, 1.82) is 0 Å². The summed E-state index contributed by atoms with van der Waals surface area (Å²) in [4.78, 5) is 50.7. The van der Waals surface area contributed by atoms with E-state index in [9.17, 15) is 37.5 Å². The van der Waals surface area contributed by atoms with Crippen LogP contribution in [0.2, 0.25) is 0 Å². The lowest BCUT2D eigenvalue weighted by molar-refractivity contribution is -0.274. The Morgan fingerprint density at radius 1 is 0.814 bits per heavy atom. The van der Waals surface area contributed by atoms with E-state index in [0.29, 0.717) is 11.1 Å². The van der Waals surface area contributed by atoms with E-state index in [2.05, 4.69) is 14.8 Å². The Bertz CT molecular complexity index is 1440. The number of esters is 1. The number of alkyl halides is 3. The molecule has 0 saturated heterocycles. The maximum absolute atomic E-state index is 13.7. The Labute approximate surface area is 246 Å². The number of carbonyl (C=O) groups is 4. The third-order valence-corrected chi connectivity index (χ3v) is 6.66. The van der Waals surface area contributed by atoms with Gasteiger partial charge in [0, 0.05) is 23.1 Å². The molecule has 2 unspecified atom stereocenters. The van der Waals surface area contributed by atoms with E-state index in [1.807, 2.05) is 32.9 Å². The zero-order valence-corrected chi connectivity index (χ0v) is 24.0. The van der Waals surface area contributed by atoms with Crippen LogP contribution in [0.4, 0.5) is 13.2 Å². The van der Waals surface area contributed by atoms with Crippen molar-refractivity contribution >= 4 is 23.4 Å².